The van der Waals surface area contributed by atoms with Gasteiger partial charge in [0.05, 0.1) is 7.11 Å². The van der Waals surface area contributed by atoms with E-state index in [-0.39, 0.29) is 5.54 Å². The van der Waals surface area contributed by atoms with Crippen molar-refractivity contribution in [2.24, 2.45) is 0 Å². The van der Waals surface area contributed by atoms with E-state index < -0.39 is 0 Å². The van der Waals surface area contributed by atoms with Crippen LogP contribution in [0.4, 0.5) is 0 Å². The van der Waals surface area contributed by atoms with E-state index >= 15 is 0 Å². The minimum Gasteiger partial charge on any atom is -0.481 e. The van der Waals surface area contributed by atoms with Crippen molar-refractivity contribution in [2.45, 2.75) is 38.1 Å². The summed E-state index contributed by atoms with van der Waals surface area (Å²) >= 11 is 5.91. The van der Waals surface area contributed by atoms with Crippen molar-refractivity contribution in [2.75, 3.05) is 13.0 Å². The second kappa shape index (κ2) is 4.67. The number of hydrogen-bond donors (Lipinski definition) is 0. The Balaban J connectivity index is 2.20. The smallest absolute Gasteiger partial charge is 0.215 e. The van der Waals surface area contributed by atoms with Gasteiger partial charge in [0.2, 0.25) is 5.88 Å². The summed E-state index contributed by atoms with van der Waals surface area (Å²) in [6.45, 7) is 2.27. The maximum atomic E-state index is 5.91. The van der Waals surface area contributed by atoms with Crippen molar-refractivity contribution in [3.05, 3.63) is 18.0 Å². The monoisotopic (exact) mass is 279 g/mol. The number of aromatic nitrogens is 3. The largest absolute Gasteiger partial charge is 0.481 e. The first kappa shape index (κ1) is 12.7. The predicted octanol–water partition coefficient (Wildman–Crippen LogP) is 3.12. The lowest BCUT2D eigenvalue weighted by Gasteiger charge is -2.41. The first-order valence-electron chi connectivity index (χ1n) is 6.67. The summed E-state index contributed by atoms with van der Waals surface area (Å²) in [6.07, 6.45) is 4.38. The van der Waals surface area contributed by atoms with Crippen molar-refractivity contribution in [1.29, 1.82) is 0 Å². The van der Waals surface area contributed by atoms with Crippen LogP contribution in [-0.2, 0) is 12.0 Å². The molecule has 0 saturated heterocycles. The third kappa shape index (κ3) is 1.98. The third-order valence-corrected chi connectivity index (χ3v) is 4.24. The summed E-state index contributed by atoms with van der Waals surface area (Å²) in [5.41, 5.74) is 1.98. The first-order chi connectivity index (χ1) is 9.18. The van der Waals surface area contributed by atoms with Crippen LogP contribution in [0, 0.1) is 0 Å². The molecule has 0 spiro atoms. The molecule has 1 aliphatic carbocycles. The highest BCUT2D eigenvalue weighted by Gasteiger charge is 2.37. The molecular formula is C14H18ClN3O. The summed E-state index contributed by atoms with van der Waals surface area (Å²) in [4.78, 5) is 9.27. The molecule has 0 unspecified atom stereocenters. The number of fused-ring (bicyclic) bond motifs is 1. The first-order valence-corrected chi connectivity index (χ1v) is 7.20. The van der Waals surface area contributed by atoms with Gasteiger partial charge in [0, 0.05) is 23.9 Å². The van der Waals surface area contributed by atoms with Gasteiger partial charge in [-0.3, -0.25) is 0 Å². The van der Waals surface area contributed by atoms with Crippen molar-refractivity contribution < 1.29 is 4.74 Å². The van der Waals surface area contributed by atoms with Crippen LogP contribution < -0.4 is 4.74 Å². The van der Waals surface area contributed by atoms with Crippen LogP contribution in [-0.4, -0.2) is 27.5 Å². The summed E-state index contributed by atoms with van der Waals surface area (Å²) < 4.78 is 7.51. The van der Waals surface area contributed by atoms with Gasteiger partial charge >= 0.3 is 0 Å². The number of alkyl halides is 1. The fourth-order valence-corrected chi connectivity index (χ4v) is 3.00. The molecule has 5 heteroatoms. The lowest BCUT2D eigenvalue weighted by Crippen LogP contribution is -2.38. The SMILES string of the molecule is COc1ccc2nc(CCCl)n(C3(C)CCC3)c2n1. The van der Waals surface area contributed by atoms with Crippen LogP contribution >= 0.6 is 11.6 Å². The molecule has 1 saturated carbocycles. The highest BCUT2D eigenvalue weighted by atomic mass is 35.5. The van der Waals surface area contributed by atoms with Gasteiger partial charge in [-0.25, -0.2) is 4.98 Å². The fourth-order valence-electron chi connectivity index (χ4n) is 2.83. The van der Waals surface area contributed by atoms with Gasteiger partial charge in [-0.2, -0.15) is 4.98 Å². The molecule has 1 fully saturated rings. The molecule has 3 rings (SSSR count). The Hall–Kier alpha value is -1.29. The second-order valence-corrected chi connectivity index (χ2v) is 5.73. The van der Waals surface area contributed by atoms with Gasteiger partial charge in [0.25, 0.3) is 0 Å². The van der Waals surface area contributed by atoms with E-state index in [1.54, 1.807) is 7.11 Å². The van der Waals surface area contributed by atoms with Crippen LogP contribution in [0.2, 0.25) is 0 Å². The Labute approximate surface area is 117 Å². The van der Waals surface area contributed by atoms with Crippen molar-refractivity contribution >= 4 is 22.8 Å². The van der Waals surface area contributed by atoms with E-state index in [0.717, 1.165) is 23.4 Å². The summed E-state index contributed by atoms with van der Waals surface area (Å²) in [7, 11) is 1.64. The molecule has 1 aliphatic rings. The number of ether oxygens (including phenoxy) is 1. The van der Waals surface area contributed by atoms with Crippen LogP contribution in [0.1, 0.15) is 32.0 Å². The van der Waals surface area contributed by atoms with Crippen molar-refractivity contribution in [1.82, 2.24) is 14.5 Å². The summed E-state index contributed by atoms with van der Waals surface area (Å²) in [5.74, 6) is 2.25. The Morgan fingerprint density at radius 3 is 2.74 bits per heavy atom. The Morgan fingerprint density at radius 1 is 1.37 bits per heavy atom. The molecule has 0 atom stereocenters. The third-order valence-electron chi connectivity index (χ3n) is 4.05. The highest BCUT2D eigenvalue weighted by molar-refractivity contribution is 6.17. The van der Waals surface area contributed by atoms with Gasteiger partial charge in [0.1, 0.15) is 11.3 Å². The number of aryl methyl sites for hydroxylation is 1. The van der Waals surface area contributed by atoms with Gasteiger partial charge in [0.15, 0.2) is 5.65 Å². The molecular weight excluding hydrogens is 262 g/mol. The van der Waals surface area contributed by atoms with Crippen LogP contribution in [0.15, 0.2) is 12.1 Å². The topological polar surface area (TPSA) is 39.9 Å². The number of pyridine rings is 1. The predicted molar refractivity (Wildman–Crippen MR) is 76.0 cm³/mol. The van der Waals surface area contributed by atoms with Gasteiger partial charge in [-0.15, -0.1) is 11.6 Å². The van der Waals surface area contributed by atoms with E-state index in [9.17, 15) is 0 Å². The van der Waals surface area contributed by atoms with Crippen LogP contribution in [0.5, 0.6) is 5.88 Å². The summed E-state index contributed by atoms with van der Waals surface area (Å²) in [5, 5.41) is 0. The fraction of sp³-hybridized carbons (Fsp3) is 0.571. The maximum Gasteiger partial charge on any atom is 0.215 e. The zero-order valence-corrected chi connectivity index (χ0v) is 12.1. The van der Waals surface area contributed by atoms with Gasteiger partial charge in [-0.05, 0) is 32.3 Å². The molecule has 0 bridgehead atoms. The maximum absolute atomic E-state index is 5.91. The molecule has 0 aromatic carbocycles. The second-order valence-electron chi connectivity index (χ2n) is 5.35. The molecule has 4 nitrogen and oxygen atoms in total. The number of halogens is 1. The molecule has 0 amide bonds. The Kier molecular flexibility index (Phi) is 3.13. The minimum atomic E-state index is 0.134. The van der Waals surface area contributed by atoms with Gasteiger partial charge < -0.3 is 9.30 Å². The number of methoxy groups -OCH3 is 1. The molecule has 0 radical (unpaired) electrons. The van der Waals surface area contributed by atoms with E-state index in [1.165, 1.54) is 19.3 Å². The number of nitrogens with zero attached hydrogens (tertiary/aromatic N) is 3. The molecule has 19 heavy (non-hydrogen) atoms. The molecule has 2 aromatic heterocycles. The zero-order valence-electron chi connectivity index (χ0n) is 11.3. The molecule has 2 heterocycles. The van der Waals surface area contributed by atoms with E-state index in [4.69, 9.17) is 16.3 Å². The van der Waals surface area contributed by atoms with Crippen molar-refractivity contribution in [3.63, 3.8) is 0 Å². The number of rotatable bonds is 4. The lowest BCUT2D eigenvalue weighted by molar-refractivity contribution is 0.169. The molecule has 102 valence electrons. The molecule has 0 N–H and O–H groups in total. The number of hydrogen-bond acceptors (Lipinski definition) is 3. The van der Waals surface area contributed by atoms with Gasteiger partial charge in [-0.1, -0.05) is 0 Å². The summed E-state index contributed by atoms with van der Waals surface area (Å²) in [6, 6.07) is 3.82. The number of imidazole rings is 1. The van der Waals surface area contributed by atoms with E-state index in [2.05, 4.69) is 21.5 Å². The van der Waals surface area contributed by atoms with Crippen molar-refractivity contribution in [3.8, 4) is 5.88 Å². The molecule has 0 aliphatic heterocycles. The Morgan fingerprint density at radius 2 is 2.16 bits per heavy atom. The van der Waals surface area contributed by atoms with Crippen LogP contribution in [0.3, 0.4) is 0 Å². The Bertz CT molecular complexity index is 604. The molecule has 2 aromatic rings. The minimum absolute atomic E-state index is 0.134. The van der Waals surface area contributed by atoms with Crippen LogP contribution in [0.25, 0.3) is 11.2 Å². The zero-order chi connectivity index (χ0) is 13.5. The standard InChI is InChI=1S/C14H18ClN3O/c1-14(7-3-8-14)18-11(6-9-15)16-10-4-5-12(19-2)17-13(10)18/h4-5H,3,6-9H2,1-2H3. The van der Waals surface area contributed by atoms with E-state index in [1.807, 2.05) is 12.1 Å². The highest BCUT2D eigenvalue weighted by Crippen LogP contribution is 2.41. The average molecular weight is 280 g/mol. The van der Waals surface area contributed by atoms with E-state index in [0.29, 0.717) is 11.8 Å². The lowest BCUT2D eigenvalue weighted by atomic mass is 9.78. The average Bonchev–Trinajstić information content (AvgIpc) is 2.73. The quantitative estimate of drug-likeness (QED) is 0.808. The normalized spacial score (nSPS) is 17.4.